The van der Waals surface area contributed by atoms with E-state index in [4.69, 9.17) is 5.73 Å². The minimum atomic E-state index is 0.287. The summed E-state index contributed by atoms with van der Waals surface area (Å²) in [6.07, 6.45) is 2.34. The molecule has 4 nitrogen and oxygen atoms in total. The number of piperidine rings is 1. The molecule has 0 radical (unpaired) electrons. The fourth-order valence-electron chi connectivity index (χ4n) is 3.03. The second-order valence-corrected chi connectivity index (χ2v) is 5.51. The topological polar surface area (TPSA) is 65.9 Å². The van der Waals surface area contributed by atoms with E-state index in [9.17, 15) is 5.26 Å². The minimum absolute atomic E-state index is 0.287. The van der Waals surface area contributed by atoms with Crippen molar-refractivity contribution in [2.24, 2.45) is 11.7 Å². The van der Waals surface area contributed by atoms with Crippen molar-refractivity contribution < 1.29 is 0 Å². The van der Waals surface area contributed by atoms with Gasteiger partial charge in [0.05, 0.1) is 5.56 Å². The molecule has 102 valence electrons. The summed E-state index contributed by atoms with van der Waals surface area (Å²) in [7, 11) is 0. The lowest BCUT2D eigenvalue weighted by molar-refractivity contribution is 0.347. The largest absolute Gasteiger partial charge is 0.351 e. The van der Waals surface area contributed by atoms with Gasteiger partial charge in [0, 0.05) is 24.8 Å². The van der Waals surface area contributed by atoms with Crippen molar-refractivity contribution >= 4 is 5.82 Å². The van der Waals surface area contributed by atoms with Gasteiger partial charge < -0.3 is 10.6 Å². The first-order valence-corrected chi connectivity index (χ1v) is 6.93. The van der Waals surface area contributed by atoms with Crippen molar-refractivity contribution in [3.8, 4) is 6.07 Å². The molecule has 0 aromatic carbocycles. The summed E-state index contributed by atoms with van der Waals surface area (Å²) in [4.78, 5) is 6.85. The van der Waals surface area contributed by atoms with E-state index in [0.717, 1.165) is 30.0 Å². The van der Waals surface area contributed by atoms with Gasteiger partial charge in [0.25, 0.3) is 0 Å². The molecule has 1 aliphatic rings. The lowest BCUT2D eigenvalue weighted by Gasteiger charge is -2.40. The van der Waals surface area contributed by atoms with Crippen molar-refractivity contribution in [3.05, 3.63) is 22.9 Å². The van der Waals surface area contributed by atoms with E-state index in [2.05, 4.69) is 22.9 Å². The van der Waals surface area contributed by atoms with Gasteiger partial charge in [0.1, 0.15) is 11.9 Å². The van der Waals surface area contributed by atoms with Gasteiger partial charge >= 0.3 is 0 Å². The predicted octanol–water partition coefficient (Wildman–Crippen LogP) is 2.13. The zero-order valence-corrected chi connectivity index (χ0v) is 12.0. The van der Waals surface area contributed by atoms with Crippen LogP contribution in [0.25, 0.3) is 0 Å². The highest BCUT2D eigenvalue weighted by atomic mass is 15.2. The third-order valence-electron chi connectivity index (χ3n) is 4.07. The van der Waals surface area contributed by atoms with E-state index in [-0.39, 0.29) is 6.04 Å². The maximum atomic E-state index is 9.40. The molecule has 4 heteroatoms. The average molecular weight is 258 g/mol. The van der Waals surface area contributed by atoms with Crippen LogP contribution in [0.1, 0.15) is 36.6 Å². The molecule has 1 fully saturated rings. The molecule has 0 aliphatic carbocycles. The van der Waals surface area contributed by atoms with Gasteiger partial charge in [0.15, 0.2) is 0 Å². The summed E-state index contributed by atoms with van der Waals surface area (Å²) in [6.45, 7) is 7.74. The molecule has 0 spiro atoms. The first-order valence-electron chi connectivity index (χ1n) is 6.93. The highest BCUT2D eigenvalue weighted by Crippen LogP contribution is 2.30. The Morgan fingerprint density at radius 3 is 2.89 bits per heavy atom. The Morgan fingerprint density at radius 2 is 2.26 bits per heavy atom. The number of rotatable bonds is 2. The number of hydrogen-bond acceptors (Lipinski definition) is 4. The van der Waals surface area contributed by atoms with E-state index >= 15 is 0 Å². The molecule has 0 amide bonds. The van der Waals surface area contributed by atoms with Crippen molar-refractivity contribution in [3.63, 3.8) is 0 Å². The van der Waals surface area contributed by atoms with Crippen LogP contribution in [0, 0.1) is 31.1 Å². The number of anilines is 1. The molecular weight excluding hydrogens is 236 g/mol. The fraction of sp³-hybridized carbons (Fsp3) is 0.600. The van der Waals surface area contributed by atoms with Gasteiger partial charge in [-0.3, -0.25) is 0 Å². The Labute approximate surface area is 115 Å². The van der Waals surface area contributed by atoms with Crippen molar-refractivity contribution in [1.82, 2.24) is 4.98 Å². The molecular formula is C15H22N4. The number of hydrogen-bond donors (Lipinski definition) is 1. The maximum Gasteiger partial charge on any atom is 0.147 e. The van der Waals surface area contributed by atoms with Crippen LogP contribution in [0.3, 0.4) is 0 Å². The number of aromatic nitrogens is 1. The van der Waals surface area contributed by atoms with E-state index in [1.165, 1.54) is 6.42 Å². The zero-order valence-electron chi connectivity index (χ0n) is 12.0. The van der Waals surface area contributed by atoms with Crippen LogP contribution in [0.4, 0.5) is 5.82 Å². The lowest BCUT2D eigenvalue weighted by atomic mass is 9.90. The van der Waals surface area contributed by atoms with Gasteiger partial charge in [0.2, 0.25) is 0 Å². The highest BCUT2D eigenvalue weighted by Gasteiger charge is 2.30. The first-order chi connectivity index (χ1) is 9.08. The van der Waals surface area contributed by atoms with E-state index in [1.54, 1.807) is 0 Å². The molecule has 2 atom stereocenters. The molecule has 2 unspecified atom stereocenters. The van der Waals surface area contributed by atoms with Crippen molar-refractivity contribution in [2.45, 2.75) is 39.7 Å². The molecule has 1 aromatic heterocycles. The quantitative estimate of drug-likeness (QED) is 0.882. The number of nitrogens with zero attached hydrogens (tertiary/aromatic N) is 3. The monoisotopic (exact) mass is 258 g/mol. The number of nitriles is 1. The molecule has 1 aromatic rings. The average Bonchev–Trinajstić information content (AvgIpc) is 2.37. The molecule has 0 saturated carbocycles. The summed E-state index contributed by atoms with van der Waals surface area (Å²) in [5.74, 6) is 1.37. The summed E-state index contributed by atoms with van der Waals surface area (Å²) < 4.78 is 0. The third kappa shape index (κ3) is 2.57. The number of nitrogens with two attached hydrogens (primary N) is 1. The van der Waals surface area contributed by atoms with Gasteiger partial charge in [-0.15, -0.1) is 0 Å². The van der Waals surface area contributed by atoms with Crippen LogP contribution in [0.2, 0.25) is 0 Å². The lowest BCUT2D eigenvalue weighted by Crippen LogP contribution is -2.49. The number of pyridine rings is 1. The molecule has 1 saturated heterocycles. The molecule has 2 heterocycles. The van der Waals surface area contributed by atoms with Gasteiger partial charge in [-0.1, -0.05) is 6.92 Å². The number of aryl methyl sites for hydroxylation is 2. The zero-order chi connectivity index (χ0) is 14.0. The third-order valence-corrected chi connectivity index (χ3v) is 4.07. The van der Waals surface area contributed by atoms with E-state index in [0.29, 0.717) is 18.0 Å². The fourth-order valence-corrected chi connectivity index (χ4v) is 3.03. The maximum absolute atomic E-state index is 9.40. The molecule has 2 rings (SSSR count). The van der Waals surface area contributed by atoms with E-state index in [1.807, 2.05) is 19.9 Å². The standard InChI is InChI=1S/C15H22N4/c1-10-5-4-6-19(14(10)9-17)15-13(8-16)11(2)7-12(3)18-15/h7,10,14H,4-6,9,17H2,1-3H3. The van der Waals surface area contributed by atoms with E-state index < -0.39 is 0 Å². The van der Waals surface area contributed by atoms with Crippen LogP contribution in [0.15, 0.2) is 6.07 Å². The SMILES string of the molecule is Cc1cc(C)c(C#N)c(N2CCCC(C)C2CN)n1. The molecule has 1 aliphatic heterocycles. The van der Waals surface area contributed by atoms with Gasteiger partial charge in [-0.25, -0.2) is 4.98 Å². The first kappa shape index (κ1) is 13.8. The molecule has 2 N–H and O–H groups in total. The van der Waals surface area contributed by atoms with Crippen LogP contribution in [0.5, 0.6) is 0 Å². The van der Waals surface area contributed by atoms with Crippen LogP contribution < -0.4 is 10.6 Å². The smallest absolute Gasteiger partial charge is 0.147 e. The van der Waals surface area contributed by atoms with Crippen molar-refractivity contribution in [1.29, 1.82) is 5.26 Å². The Balaban J connectivity index is 2.48. The second-order valence-electron chi connectivity index (χ2n) is 5.51. The van der Waals surface area contributed by atoms with Gasteiger partial charge in [-0.2, -0.15) is 5.26 Å². The summed E-state index contributed by atoms with van der Waals surface area (Å²) in [5, 5.41) is 9.40. The Bertz CT molecular complexity index is 504. The minimum Gasteiger partial charge on any atom is -0.351 e. The summed E-state index contributed by atoms with van der Waals surface area (Å²) in [6, 6.07) is 4.55. The summed E-state index contributed by atoms with van der Waals surface area (Å²) >= 11 is 0. The normalized spacial score (nSPS) is 23.2. The van der Waals surface area contributed by atoms with Crippen molar-refractivity contribution in [2.75, 3.05) is 18.0 Å². The second kappa shape index (κ2) is 5.58. The predicted molar refractivity (Wildman–Crippen MR) is 77.0 cm³/mol. The van der Waals surface area contributed by atoms with Crippen LogP contribution in [-0.4, -0.2) is 24.1 Å². The Kier molecular flexibility index (Phi) is 4.06. The Morgan fingerprint density at radius 1 is 1.53 bits per heavy atom. The van der Waals surface area contributed by atoms with Crippen LogP contribution >= 0.6 is 0 Å². The highest BCUT2D eigenvalue weighted by molar-refractivity contribution is 5.59. The Hall–Kier alpha value is -1.60. The molecule has 19 heavy (non-hydrogen) atoms. The molecule has 0 bridgehead atoms. The van der Waals surface area contributed by atoms with Crippen LogP contribution in [-0.2, 0) is 0 Å². The van der Waals surface area contributed by atoms with Gasteiger partial charge in [-0.05, 0) is 44.2 Å². The summed E-state index contributed by atoms with van der Waals surface area (Å²) in [5.41, 5.74) is 8.59.